The highest BCUT2D eigenvalue weighted by atomic mass is 32.1. The van der Waals surface area contributed by atoms with Crippen LogP contribution in [-0.2, 0) is 5.41 Å². The average molecular weight is 232 g/mol. The van der Waals surface area contributed by atoms with Crippen LogP contribution in [0.2, 0.25) is 0 Å². The lowest BCUT2D eigenvalue weighted by atomic mass is 9.89. The van der Waals surface area contributed by atoms with Gasteiger partial charge in [0, 0.05) is 11.5 Å². The second kappa shape index (κ2) is 3.28. The topological polar surface area (TPSA) is 38.9 Å². The van der Waals surface area contributed by atoms with Crippen LogP contribution in [0.4, 0.5) is 0 Å². The van der Waals surface area contributed by atoms with E-state index in [-0.39, 0.29) is 11.5 Å². The molecule has 3 heteroatoms. The number of hydrogen-bond acceptors (Lipinski definition) is 3. The molecule has 0 spiro atoms. The van der Waals surface area contributed by atoms with Crippen molar-refractivity contribution in [3.05, 3.63) is 28.8 Å². The van der Waals surface area contributed by atoms with E-state index in [4.69, 9.17) is 5.73 Å². The fraction of sp³-hybridized carbons (Fsp3) is 0.462. The summed E-state index contributed by atoms with van der Waals surface area (Å²) in [4.78, 5) is 4.55. The molecule has 0 radical (unpaired) electrons. The number of hydrogen-bond donors (Lipinski definition) is 1. The van der Waals surface area contributed by atoms with Gasteiger partial charge in [-0.1, -0.05) is 12.1 Å². The van der Waals surface area contributed by atoms with Gasteiger partial charge in [0.05, 0.1) is 15.2 Å². The van der Waals surface area contributed by atoms with Gasteiger partial charge in [0.25, 0.3) is 0 Å². The molecule has 0 aliphatic heterocycles. The van der Waals surface area contributed by atoms with Crippen LogP contribution in [-0.4, -0.2) is 11.0 Å². The van der Waals surface area contributed by atoms with E-state index in [1.807, 2.05) is 0 Å². The predicted octanol–water partition coefficient (Wildman–Crippen LogP) is 2.98. The van der Waals surface area contributed by atoms with Gasteiger partial charge in [-0.3, -0.25) is 0 Å². The van der Waals surface area contributed by atoms with E-state index >= 15 is 0 Å². The van der Waals surface area contributed by atoms with Crippen LogP contribution in [0.3, 0.4) is 0 Å². The van der Waals surface area contributed by atoms with E-state index in [0.717, 1.165) is 10.5 Å². The highest BCUT2D eigenvalue weighted by Gasteiger charge is 2.48. The van der Waals surface area contributed by atoms with Crippen molar-refractivity contribution in [1.29, 1.82) is 0 Å². The Hall–Kier alpha value is -0.930. The minimum atomic E-state index is 0.235. The fourth-order valence-electron chi connectivity index (χ4n) is 2.56. The molecule has 2 aromatic rings. The van der Waals surface area contributed by atoms with Gasteiger partial charge in [-0.15, -0.1) is 11.3 Å². The summed E-state index contributed by atoms with van der Waals surface area (Å²) in [5, 5.41) is 1.14. The summed E-state index contributed by atoms with van der Waals surface area (Å²) in [6, 6.07) is 6.68. The van der Waals surface area contributed by atoms with Crippen LogP contribution >= 0.6 is 11.3 Å². The number of aryl methyl sites for hydroxylation is 1. The second-order valence-electron chi connectivity index (χ2n) is 4.83. The largest absolute Gasteiger partial charge is 0.327 e. The zero-order valence-electron chi connectivity index (χ0n) is 9.66. The Bertz CT molecular complexity index is 538. The van der Waals surface area contributed by atoms with Crippen molar-refractivity contribution in [2.24, 2.45) is 5.73 Å². The summed E-state index contributed by atoms with van der Waals surface area (Å²) in [6.07, 6.45) is 2.45. The smallest absolute Gasteiger partial charge is 0.0907 e. The molecule has 1 unspecified atom stereocenters. The van der Waals surface area contributed by atoms with Gasteiger partial charge in [-0.2, -0.15) is 0 Å². The molecule has 0 amide bonds. The van der Waals surface area contributed by atoms with Crippen molar-refractivity contribution in [2.75, 3.05) is 0 Å². The molecule has 1 saturated carbocycles. The number of nitrogens with two attached hydrogens (primary N) is 1. The number of benzene rings is 1. The summed E-state index contributed by atoms with van der Waals surface area (Å²) < 4.78 is 1.34. The quantitative estimate of drug-likeness (QED) is 0.864. The standard InChI is InChI=1S/C13H16N2S/c1-8(14)13(6-7-13)10-4-3-5-11-12(10)16-9(2)15-11/h3-5,8H,6-7,14H2,1-2H3. The maximum atomic E-state index is 6.15. The van der Waals surface area contributed by atoms with Crippen LogP contribution in [0.5, 0.6) is 0 Å². The van der Waals surface area contributed by atoms with Gasteiger partial charge in [0.2, 0.25) is 0 Å². The zero-order valence-corrected chi connectivity index (χ0v) is 10.5. The van der Waals surface area contributed by atoms with Crippen molar-refractivity contribution in [1.82, 2.24) is 4.98 Å². The molecule has 1 aliphatic rings. The Morgan fingerprint density at radius 2 is 2.19 bits per heavy atom. The Labute approximate surface area is 99.5 Å². The lowest BCUT2D eigenvalue weighted by Gasteiger charge is -2.20. The normalized spacial score (nSPS) is 19.9. The van der Waals surface area contributed by atoms with Crippen LogP contribution in [0.25, 0.3) is 10.2 Å². The van der Waals surface area contributed by atoms with Crippen LogP contribution in [0, 0.1) is 6.92 Å². The first-order chi connectivity index (χ1) is 7.63. The molecular weight excluding hydrogens is 216 g/mol. The number of aromatic nitrogens is 1. The first-order valence-electron chi connectivity index (χ1n) is 5.76. The molecule has 0 bridgehead atoms. The van der Waals surface area contributed by atoms with Crippen molar-refractivity contribution >= 4 is 21.6 Å². The lowest BCUT2D eigenvalue weighted by molar-refractivity contribution is 0.561. The fourth-order valence-corrected chi connectivity index (χ4v) is 3.60. The molecule has 16 heavy (non-hydrogen) atoms. The minimum absolute atomic E-state index is 0.235. The third kappa shape index (κ3) is 1.31. The maximum Gasteiger partial charge on any atom is 0.0907 e. The highest BCUT2D eigenvalue weighted by molar-refractivity contribution is 7.18. The summed E-state index contributed by atoms with van der Waals surface area (Å²) in [5.41, 5.74) is 8.93. The first kappa shape index (κ1) is 10.2. The summed E-state index contributed by atoms with van der Waals surface area (Å²) in [6.45, 7) is 4.19. The number of rotatable bonds is 2. The van der Waals surface area contributed by atoms with Gasteiger partial charge < -0.3 is 5.73 Å². The van der Waals surface area contributed by atoms with Gasteiger partial charge >= 0.3 is 0 Å². The molecule has 84 valence electrons. The summed E-state index contributed by atoms with van der Waals surface area (Å²) in [7, 11) is 0. The molecule has 1 fully saturated rings. The zero-order chi connectivity index (χ0) is 11.3. The molecule has 2 nitrogen and oxygen atoms in total. The SMILES string of the molecule is Cc1nc2cccc(C3(C(C)N)CC3)c2s1. The van der Waals surface area contributed by atoms with Gasteiger partial charge in [0.1, 0.15) is 0 Å². The van der Waals surface area contributed by atoms with E-state index in [9.17, 15) is 0 Å². The lowest BCUT2D eigenvalue weighted by Crippen LogP contribution is -2.31. The number of fused-ring (bicyclic) bond motifs is 1. The first-order valence-corrected chi connectivity index (χ1v) is 6.57. The third-order valence-electron chi connectivity index (χ3n) is 3.72. The van der Waals surface area contributed by atoms with E-state index < -0.39 is 0 Å². The summed E-state index contributed by atoms with van der Waals surface area (Å²) in [5.74, 6) is 0. The van der Waals surface area contributed by atoms with Crippen LogP contribution in [0.15, 0.2) is 18.2 Å². The van der Waals surface area contributed by atoms with Crippen LogP contribution < -0.4 is 5.73 Å². The summed E-state index contributed by atoms with van der Waals surface area (Å²) >= 11 is 1.80. The van der Waals surface area contributed by atoms with E-state index in [0.29, 0.717) is 0 Å². The molecule has 3 rings (SSSR count). The number of thiazole rings is 1. The van der Waals surface area contributed by atoms with E-state index in [1.54, 1.807) is 11.3 Å². The molecule has 1 aliphatic carbocycles. The Morgan fingerprint density at radius 1 is 1.44 bits per heavy atom. The Balaban J connectivity index is 2.24. The maximum absolute atomic E-state index is 6.15. The van der Waals surface area contributed by atoms with E-state index in [2.05, 4.69) is 37.0 Å². The molecule has 1 heterocycles. The Kier molecular flexibility index (Phi) is 2.10. The molecule has 1 aromatic heterocycles. The van der Waals surface area contributed by atoms with Crippen molar-refractivity contribution in [2.45, 2.75) is 38.1 Å². The van der Waals surface area contributed by atoms with Crippen molar-refractivity contribution < 1.29 is 0 Å². The molecule has 1 aromatic carbocycles. The molecule has 0 saturated heterocycles. The number of nitrogens with zero attached hydrogens (tertiary/aromatic N) is 1. The third-order valence-corrected chi connectivity index (χ3v) is 4.74. The molecule has 1 atom stereocenters. The van der Waals surface area contributed by atoms with Gasteiger partial charge in [0.15, 0.2) is 0 Å². The minimum Gasteiger partial charge on any atom is -0.327 e. The average Bonchev–Trinajstić information content (AvgIpc) is 2.94. The second-order valence-corrected chi connectivity index (χ2v) is 6.03. The van der Waals surface area contributed by atoms with Crippen molar-refractivity contribution in [3.8, 4) is 0 Å². The Morgan fingerprint density at radius 3 is 2.81 bits per heavy atom. The molecular formula is C13H16N2S. The van der Waals surface area contributed by atoms with Gasteiger partial charge in [-0.05, 0) is 38.3 Å². The van der Waals surface area contributed by atoms with Gasteiger partial charge in [-0.25, -0.2) is 4.98 Å². The monoisotopic (exact) mass is 232 g/mol. The van der Waals surface area contributed by atoms with Crippen LogP contribution in [0.1, 0.15) is 30.3 Å². The van der Waals surface area contributed by atoms with E-state index in [1.165, 1.54) is 23.1 Å². The highest BCUT2D eigenvalue weighted by Crippen LogP contribution is 2.52. The molecule has 2 N–H and O–H groups in total. The predicted molar refractivity (Wildman–Crippen MR) is 68.9 cm³/mol. The van der Waals surface area contributed by atoms with Crippen molar-refractivity contribution in [3.63, 3.8) is 0 Å².